The highest BCUT2D eigenvalue weighted by molar-refractivity contribution is 9.10. The molecule has 0 saturated heterocycles. The molecule has 2 aromatic heterocycles. The molecule has 96 valence electrons. The molecule has 7 nitrogen and oxygen atoms in total. The number of halogens is 1. The summed E-state index contributed by atoms with van der Waals surface area (Å²) in [5.41, 5.74) is 2.51. The second-order valence-electron chi connectivity index (χ2n) is 4.04. The highest BCUT2D eigenvalue weighted by Crippen LogP contribution is 2.25. The Balaban J connectivity index is 2.69. The molecule has 0 amide bonds. The molecule has 0 atom stereocenters. The van der Waals surface area contributed by atoms with Crippen molar-refractivity contribution in [3.05, 3.63) is 37.4 Å². The van der Waals surface area contributed by atoms with Gasteiger partial charge in [-0.1, -0.05) is 0 Å². The molecule has 0 fully saturated rings. The molecule has 0 aromatic carbocycles. The molecule has 0 bridgehead atoms. The fraction of sp³-hybridized carbons (Fsp3) is 0.400. The molecule has 0 unspecified atom stereocenters. The molecule has 18 heavy (non-hydrogen) atoms. The third kappa shape index (κ3) is 1.72. The molecule has 0 aliphatic heterocycles. The molecule has 2 rings (SSSR count). The van der Waals surface area contributed by atoms with Crippen molar-refractivity contribution in [2.75, 3.05) is 0 Å². The van der Waals surface area contributed by atoms with Gasteiger partial charge in [0.25, 0.3) is 0 Å². The standard InChI is InChI=1S/C10H12BrN5O2/c1-5-9(11)7(3)14(12-5)15-8(4)10(16(17)18)6(2)13-15/h1-4H3. The summed E-state index contributed by atoms with van der Waals surface area (Å²) in [5, 5.41) is 19.4. The molecule has 0 saturated carbocycles. The van der Waals surface area contributed by atoms with Gasteiger partial charge in [0.15, 0.2) is 0 Å². The third-order valence-electron chi connectivity index (χ3n) is 2.77. The van der Waals surface area contributed by atoms with Crippen molar-refractivity contribution in [1.82, 2.24) is 19.8 Å². The first-order valence-corrected chi connectivity index (χ1v) is 6.07. The van der Waals surface area contributed by atoms with E-state index in [0.717, 1.165) is 15.9 Å². The van der Waals surface area contributed by atoms with Crippen LogP contribution < -0.4 is 0 Å². The summed E-state index contributed by atoms with van der Waals surface area (Å²) in [4.78, 5) is 13.5. The maximum atomic E-state index is 11.0. The lowest BCUT2D eigenvalue weighted by Gasteiger charge is -2.05. The number of rotatable bonds is 2. The van der Waals surface area contributed by atoms with Crippen LogP contribution in [-0.4, -0.2) is 24.7 Å². The normalized spacial score (nSPS) is 10.9. The molecule has 0 aliphatic carbocycles. The molecule has 2 aromatic rings. The van der Waals surface area contributed by atoms with E-state index in [1.54, 1.807) is 18.6 Å². The average Bonchev–Trinajstić information content (AvgIpc) is 2.70. The van der Waals surface area contributed by atoms with Crippen LogP contribution in [0.4, 0.5) is 5.69 Å². The Morgan fingerprint density at radius 1 is 1.06 bits per heavy atom. The quantitative estimate of drug-likeness (QED) is 0.629. The van der Waals surface area contributed by atoms with Gasteiger partial charge < -0.3 is 0 Å². The van der Waals surface area contributed by atoms with Crippen LogP contribution in [0.2, 0.25) is 0 Å². The second kappa shape index (κ2) is 4.20. The monoisotopic (exact) mass is 313 g/mol. The number of hydrogen-bond donors (Lipinski definition) is 0. The van der Waals surface area contributed by atoms with E-state index in [9.17, 15) is 10.1 Å². The summed E-state index contributed by atoms with van der Waals surface area (Å²) >= 11 is 3.42. The minimum atomic E-state index is -0.422. The van der Waals surface area contributed by atoms with Crippen LogP contribution in [0, 0.1) is 37.8 Å². The largest absolute Gasteiger partial charge is 0.315 e. The van der Waals surface area contributed by atoms with E-state index in [-0.39, 0.29) is 5.69 Å². The minimum absolute atomic E-state index is 0.0266. The van der Waals surface area contributed by atoms with Crippen molar-refractivity contribution in [2.45, 2.75) is 27.7 Å². The summed E-state index contributed by atoms with van der Waals surface area (Å²) in [6, 6.07) is 0. The lowest BCUT2D eigenvalue weighted by atomic mass is 10.3. The van der Waals surface area contributed by atoms with Crippen molar-refractivity contribution >= 4 is 21.6 Å². The fourth-order valence-electron chi connectivity index (χ4n) is 1.86. The Bertz CT molecular complexity index is 643. The van der Waals surface area contributed by atoms with E-state index in [1.807, 2.05) is 13.8 Å². The number of nitro groups is 1. The Kier molecular flexibility index (Phi) is 2.97. The first-order valence-electron chi connectivity index (χ1n) is 5.27. The zero-order valence-electron chi connectivity index (χ0n) is 10.4. The zero-order valence-corrected chi connectivity index (χ0v) is 12.0. The Labute approximate surface area is 112 Å². The number of aromatic nitrogens is 4. The SMILES string of the molecule is Cc1nn(-n2nc(C)c([N+](=O)[O-])c2C)c(C)c1Br. The maximum Gasteiger partial charge on any atom is 0.315 e. The van der Waals surface area contributed by atoms with Crippen molar-refractivity contribution in [3.8, 4) is 0 Å². The topological polar surface area (TPSA) is 78.8 Å². The Morgan fingerprint density at radius 3 is 1.94 bits per heavy atom. The lowest BCUT2D eigenvalue weighted by Crippen LogP contribution is -2.16. The van der Waals surface area contributed by atoms with Gasteiger partial charge in [0.1, 0.15) is 11.4 Å². The predicted octanol–water partition coefficient (Wildman–Crippen LogP) is 2.30. The van der Waals surface area contributed by atoms with Gasteiger partial charge in [-0.2, -0.15) is 9.89 Å². The van der Waals surface area contributed by atoms with Gasteiger partial charge in [0.2, 0.25) is 0 Å². The van der Waals surface area contributed by atoms with Crippen molar-refractivity contribution in [1.29, 1.82) is 0 Å². The maximum absolute atomic E-state index is 11.0. The number of aryl methyl sites for hydroxylation is 2. The van der Waals surface area contributed by atoms with E-state index in [4.69, 9.17) is 0 Å². The summed E-state index contributed by atoms with van der Waals surface area (Å²) in [5.74, 6) is 0. The molecule has 2 heterocycles. The van der Waals surface area contributed by atoms with Crippen LogP contribution >= 0.6 is 15.9 Å². The van der Waals surface area contributed by atoms with Gasteiger partial charge >= 0.3 is 5.69 Å². The molecule has 0 radical (unpaired) electrons. The molecule has 0 N–H and O–H groups in total. The van der Waals surface area contributed by atoms with Gasteiger partial charge in [0, 0.05) is 0 Å². The summed E-state index contributed by atoms with van der Waals surface area (Å²) < 4.78 is 0.873. The van der Waals surface area contributed by atoms with Gasteiger partial charge in [0.05, 0.1) is 20.8 Å². The Hall–Kier alpha value is -1.70. The molecular weight excluding hydrogens is 302 g/mol. The van der Waals surface area contributed by atoms with Gasteiger partial charge in [-0.3, -0.25) is 10.1 Å². The first kappa shape index (κ1) is 12.7. The fourth-order valence-corrected chi connectivity index (χ4v) is 2.10. The van der Waals surface area contributed by atoms with E-state index in [1.165, 1.54) is 4.79 Å². The second-order valence-corrected chi connectivity index (χ2v) is 4.83. The van der Waals surface area contributed by atoms with Crippen molar-refractivity contribution < 1.29 is 4.92 Å². The molecule has 0 aliphatic rings. The number of nitrogens with zero attached hydrogens (tertiary/aromatic N) is 5. The van der Waals surface area contributed by atoms with Crippen molar-refractivity contribution in [2.24, 2.45) is 0 Å². The van der Waals surface area contributed by atoms with Crippen LogP contribution in [-0.2, 0) is 0 Å². The smallest absolute Gasteiger partial charge is 0.258 e. The molecule has 8 heteroatoms. The molecule has 0 spiro atoms. The van der Waals surface area contributed by atoms with Gasteiger partial charge in [-0.15, -0.1) is 9.89 Å². The minimum Gasteiger partial charge on any atom is -0.258 e. The van der Waals surface area contributed by atoms with E-state index < -0.39 is 4.92 Å². The van der Waals surface area contributed by atoms with Gasteiger partial charge in [-0.25, -0.2) is 0 Å². The van der Waals surface area contributed by atoms with Crippen LogP contribution in [0.25, 0.3) is 0 Å². The third-order valence-corrected chi connectivity index (χ3v) is 3.92. The highest BCUT2D eigenvalue weighted by atomic mass is 79.9. The summed E-state index contributed by atoms with van der Waals surface area (Å²) in [6.45, 7) is 6.99. The van der Waals surface area contributed by atoms with Crippen LogP contribution in [0.5, 0.6) is 0 Å². The van der Waals surface area contributed by atoms with Crippen LogP contribution in [0.1, 0.15) is 22.8 Å². The predicted molar refractivity (Wildman–Crippen MR) is 68.6 cm³/mol. The van der Waals surface area contributed by atoms with E-state index >= 15 is 0 Å². The van der Waals surface area contributed by atoms with Gasteiger partial charge in [-0.05, 0) is 43.6 Å². The highest BCUT2D eigenvalue weighted by Gasteiger charge is 2.24. The summed E-state index contributed by atoms with van der Waals surface area (Å²) in [7, 11) is 0. The van der Waals surface area contributed by atoms with Crippen LogP contribution in [0.3, 0.4) is 0 Å². The lowest BCUT2D eigenvalue weighted by molar-refractivity contribution is -0.386. The average molecular weight is 314 g/mol. The first-order chi connectivity index (χ1) is 8.34. The van der Waals surface area contributed by atoms with Crippen molar-refractivity contribution in [3.63, 3.8) is 0 Å². The van der Waals surface area contributed by atoms with E-state index in [0.29, 0.717) is 11.4 Å². The van der Waals surface area contributed by atoms with E-state index in [2.05, 4.69) is 26.1 Å². The summed E-state index contributed by atoms with van der Waals surface area (Å²) in [6.07, 6.45) is 0. The zero-order chi connectivity index (χ0) is 13.6. The number of hydrogen-bond acceptors (Lipinski definition) is 4. The van der Waals surface area contributed by atoms with Crippen LogP contribution in [0.15, 0.2) is 4.47 Å². The Morgan fingerprint density at radius 2 is 1.56 bits per heavy atom. The molecular formula is C10H12BrN5O2.